The largest absolute Gasteiger partial charge is 0.368 e. The Balaban J connectivity index is 1.37. The van der Waals surface area contributed by atoms with Gasteiger partial charge in [0.1, 0.15) is 4.90 Å². The molecule has 8 heteroatoms. The van der Waals surface area contributed by atoms with Gasteiger partial charge in [-0.3, -0.25) is 4.21 Å². The molecule has 1 atom stereocenters. The van der Waals surface area contributed by atoms with E-state index in [2.05, 4.69) is 26.8 Å². The molecule has 0 unspecified atom stereocenters. The Morgan fingerprint density at radius 2 is 1.52 bits per heavy atom. The Bertz CT molecular complexity index is 908. The molecule has 2 saturated heterocycles. The number of aryl methyl sites for hydroxylation is 1. The van der Waals surface area contributed by atoms with Gasteiger partial charge in [-0.25, -0.2) is 4.98 Å². The highest BCUT2D eigenvalue weighted by atomic mass is 35.5. The van der Waals surface area contributed by atoms with Crippen LogP contribution in [-0.2, 0) is 17.2 Å². The highest BCUT2D eigenvalue weighted by molar-refractivity contribution is 7.85. The number of hydrogen-bond donors (Lipinski definition) is 0. The zero-order chi connectivity index (χ0) is 19.8. The Morgan fingerprint density at radius 1 is 0.828 bits per heavy atom. The lowest BCUT2D eigenvalue weighted by atomic mass is 10.1. The van der Waals surface area contributed by atoms with E-state index in [0.29, 0.717) is 5.75 Å². The van der Waals surface area contributed by atoms with E-state index in [0.717, 1.165) is 73.1 Å². The summed E-state index contributed by atoms with van der Waals surface area (Å²) in [6.45, 7) is 5.61. The van der Waals surface area contributed by atoms with Crippen LogP contribution in [0.2, 0.25) is 5.02 Å². The molecule has 2 aromatic rings. The van der Waals surface area contributed by atoms with E-state index in [4.69, 9.17) is 21.6 Å². The average molecular weight is 432 g/mol. The molecule has 0 radical (unpaired) electrons. The van der Waals surface area contributed by atoms with Crippen molar-refractivity contribution in [1.29, 1.82) is 0 Å². The van der Waals surface area contributed by atoms with Crippen molar-refractivity contribution in [3.05, 3.63) is 35.0 Å². The SMILES string of the molecule is O=[S@]1CCc2nc(N3CCN(c4ccc(Cl)cc4)CC3)nc(N3CCCCC3)c21. The van der Waals surface area contributed by atoms with Crippen LogP contribution in [0.1, 0.15) is 25.0 Å². The Hall–Kier alpha value is -1.86. The molecule has 0 N–H and O–H groups in total. The number of halogens is 1. The summed E-state index contributed by atoms with van der Waals surface area (Å²) in [5, 5.41) is 0.765. The molecule has 1 aromatic heterocycles. The third-order valence-electron chi connectivity index (χ3n) is 6.07. The van der Waals surface area contributed by atoms with E-state index >= 15 is 0 Å². The van der Waals surface area contributed by atoms with Gasteiger partial charge in [0.2, 0.25) is 5.95 Å². The standard InChI is InChI=1S/C21H26ClN5OS/c22-16-4-6-17(7-5-16)25-11-13-27(14-12-25)21-23-18-8-15-29(28)19(18)20(24-21)26-9-2-1-3-10-26/h4-7H,1-3,8-15H2/t29-/m0/s1. The van der Waals surface area contributed by atoms with Crippen molar-refractivity contribution in [3.63, 3.8) is 0 Å². The van der Waals surface area contributed by atoms with Crippen LogP contribution in [0.3, 0.4) is 0 Å². The van der Waals surface area contributed by atoms with E-state index < -0.39 is 10.8 Å². The first-order chi connectivity index (χ1) is 14.2. The van der Waals surface area contributed by atoms with Crippen LogP contribution in [0, 0.1) is 0 Å². The van der Waals surface area contributed by atoms with Gasteiger partial charge in [-0.05, 0) is 43.5 Å². The zero-order valence-corrected chi connectivity index (χ0v) is 18.1. The number of fused-ring (bicyclic) bond motifs is 1. The van der Waals surface area contributed by atoms with Gasteiger partial charge in [0.15, 0.2) is 5.82 Å². The first kappa shape index (κ1) is 19.1. The monoisotopic (exact) mass is 431 g/mol. The van der Waals surface area contributed by atoms with Gasteiger partial charge in [-0.15, -0.1) is 0 Å². The number of aromatic nitrogens is 2. The highest BCUT2D eigenvalue weighted by Crippen LogP contribution is 2.34. The number of hydrogen-bond acceptors (Lipinski definition) is 6. The number of anilines is 3. The lowest BCUT2D eigenvalue weighted by Gasteiger charge is -2.37. The Morgan fingerprint density at radius 3 is 2.24 bits per heavy atom. The summed E-state index contributed by atoms with van der Waals surface area (Å²) in [4.78, 5) is 17.7. The summed E-state index contributed by atoms with van der Waals surface area (Å²) < 4.78 is 12.6. The molecule has 0 bridgehead atoms. The molecule has 0 aliphatic carbocycles. The van der Waals surface area contributed by atoms with E-state index in [9.17, 15) is 4.21 Å². The number of piperazine rings is 1. The van der Waals surface area contributed by atoms with Crippen LogP contribution in [0.4, 0.5) is 17.5 Å². The van der Waals surface area contributed by atoms with Crippen LogP contribution in [0.25, 0.3) is 0 Å². The molecule has 1 aromatic carbocycles. The van der Waals surface area contributed by atoms with Crippen molar-refractivity contribution in [2.45, 2.75) is 30.6 Å². The van der Waals surface area contributed by atoms with E-state index in [-0.39, 0.29) is 0 Å². The van der Waals surface area contributed by atoms with Crippen LogP contribution in [0.5, 0.6) is 0 Å². The van der Waals surface area contributed by atoms with Crippen molar-refractivity contribution >= 4 is 39.9 Å². The van der Waals surface area contributed by atoms with E-state index in [1.165, 1.54) is 24.9 Å². The number of piperidine rings is 1. The number of nitrogens with zero attached hydrogens (tertiary/aromatic N) is 5. The first-order valence-electron chi connectivity index (χ1n) is 10.5. The molecule has 3 aliphatic heterocycles. The second-order valence-corrected chi connectivity index (χ2v) is 9.86. The Kier molecular flexibility index (Phi) is 5.35. The maximum absolute atomic E-state index is 12.6. The lowest BCUT2D eigenvalue weighted by Crippen LogP contribution is -2.47. The highest BCUT2D eigenvalue weighted by Gasteiger charge is 2.31. The normalized spacial score (nSPS) is 22.1. The predicted molar refractivity (Wildman–Crippen MR) is 119 cm³/mol. The van der Waals surface area contributed by atoms with Gasteiger partial charge in [-0.1, -0.05) is 11.6 Å². The summed E-state index contributed by atoms with van der Waals surface area (Å²) in [7, 11) is -0.961. The maximum atomic E-state index is 12.6. The minimum absolute atomic E-state index is 0.679. The van der Waals surface area contributed by atoms with Crippen LogP contribution in [0.15, 0.2) is 29.2 Å². The van der Waals surface area contributed by atoms with Crippen molar-refractivity contribution < 1.29 is 4.21 Å². The van der Waals surface area contributed by atoms with Crippen LogP contribution < -0.4 is 14.7 Å². The molecular formula is C21H26ClN5OS. The van der Waals surface area contributed by atoms with E-state index in [1.807, 2.05) is 12.1 Å². The first-order valence-corrected chi connectivity index (χ1v) is 12.2. The third-order valence-corrected chi connectivity index (χ3v) is 7.77. The van der Waals surface area contributed by atoms with Crippen molar-refractivity contribution in [1.82, 2.24) is 9.97 Å². The summed E-state index contributed by atoms with van der Waals surface area (Å²) in [6, 6.07) is 8.04. The molecule has 154 valence electrons. The molecule has 5 rings (SSSR count). The minimum Gasteiger partial charge on any atom is -0.368 e. The number of benzene rings is 1. The lowest BCUT2D eigenvalue weighted by molar-refractivity contribution is 0.567. The fourth-order valence-electron chi connectivity index (χ4n) is 4.44. The Labute approximate surface area is 179 Å². The fourth-order valence-corrected chi connectivity index (χ4v) is 5.94. The molecule has 6 nitrogen and oxygen atoms in total. The van der Waals surface area contributed by atoms with Crippen LogP contribution >= 0.6 is 11.6 Å². The second-order valence-electron chi connectivity index (χ2n) is 7.92. The van der Waals surface area contributed by atoms with Gasteiger partial charge in [0.25, 0.3) is 0 Å². The molecule has 29 heavy (non-hydrogen) atoms. The molecule has 4 heterocycles. The van der Waals surface area contributed by atoms with Gasteiger partial charge >= 0.3 is 0 Å². The summed E-state index contributed by atoms with van der Waals surface area (Å²) >= 11 is 6.02. The summed E-state index contributed by atoms with van der Waals surface area (Å²) in [6.07, 6.45) is 4.43. The molecule has 0 amide bonds. The molecule has 0 spiro atoms. The van der Waals surface area contributed by atoms with Gasteiger partial charge < -0.3 is 14.7 Å². The number of rotatable bonds is 3. The smallest absolute Gasteiger partial charge is 0.227 e. The molecular weight excluding hydrogens is 406 g/mol. The molecule has 0 saturated carbocycles. The van der Waals surface area contributed by atoms with E-state index in [1.54, 1.807) is 0 Å². The quantitative estimate of drug-likeness (QED) is 0.744. The third kappa shape index (κ3) is 3.82. The fraction of sp³-hybridized carbons (Fsp3) is 0.524. The van der Waals surface area contributed by atoms with Gasteiger partial charge in [0, 0.05) is 62.2 Å². The summed E-state index contributed by atoms with van der Waals surface area (Å²) in [5.74, 6) is 2.41. The van der Waals surface area contributed by atoms with Crippen molar-refractivity contribution in [2.75, 3.05) is 59.7 Å². The van der Waals surface area contributed by atoms with Crippen LogP contribution in [-0.4, -0.2) is 59.2 Å². The minimum atomic E-state index is -0.961. The summed E-state index contributed by atoms with van der Waals surface area (Å²) in [5.41, 5.74) is 2.20. The van der Waals surface area contributed by atoms with Crippen molar-refractivity contribution in [3.8, 4) is 0 Å². The van der Waals surface area contributed by atoms with Gasteiger partial charge in [-0.2, -0.15) is 4.98 Å². The zero-order valence-electron chi connectivity index (χ0n) is 16.5. The molecule has 3 aliphatic rings. The molecule has 2 fully saturated rings. The topological polar surface area (TPSA) is 52.6 Å². The predicted octanol–water partition coefficient (Wildman–Crippen LogP) is 3.11. The van der Waals surface area contributed by atoms with Gasteiger partial charge in [0.05, 0.1) is 16.5 Å². The second kappa shape index (κ2) is 8.11. The average Bonchev–Trinajstić information content (AvgIpc) is 3.15. The van der Waals surface area contributed by atoms with Crippen molar-refractivity contribution in [2.24, 2.45) is 0 Å². The maximum Gasteiger partial charge on any atom is 0.227 e.